The fourth-order valence-electron chi connectivity index (χ4n) is 7.02. The minimum absolute atomic E-state index is 0.0382. The smallest absolute Gasteiger partial charge is 0.304 e. The fraction of sp³-hybridized carbons (Fsp3) is 0.400. The van der Waals surface area contributed by atoms with Crippen LogP contribution in [0.2, 0.25) is 5.02 Å². The number of anilines is 1. The molecule has 1 aliphatic heterocycles. The first-order valence-corrected chi connectivity index (χ1v) is 17.2. The number of carbonyl (C=O) groups excluding carboxylic acids is 1. The number of aliphatic imine (C=N–C) groups is 1. The van der Waals surface area contributed by atoms with Crippen LogP contribution < -0.4 is 16.4 Å². The van der Waals surface area contributed by atoms with Crippen LogP contribution in [0.4, 0.5) is 11.6 Å². The van der Waals surface area contributed by atoms with Gasteiger partial charge in [-0.3, -0.25) is 28.8 Å². The first-order chi connectivity index (χ1) is 25.5. The summed E-state index contributed by atoms with van der Waals surface area (Å²) < 4.78 is 0. The Balaban J connectivity index is 1.63. The van der Waals surface area contributed by atoms with E-state index in [9.17, 15) is 54.3 Å². The number of nitrogens with zero attached hydrogens (tertiary/aromatic N) is 5. The van der Waals surface area contributed by atoms with Crippen molar-refractivity contribution in [3.8, 4) is 11.3 Å². The Kier molecular flexibility index (Phi) is 13.7. The van der Waals surface area contributed by atoms with E-state index >= 15 is 0 Å². The van der Waals surface area contributed by atoms with Gasteiger partial charge in [0, 0.05) is 73.5 Å². The van der Waals surface area contributed by atoms with Gasteiger partial charge in [0.15, 0.2) is 5.96 Å². The lowest BCUT2D eigenvalue weighted by Gasteiger charge is -2.41. The van der Waals surface area contributed by atoms with Crippen LogP contribution in [0.5, 0.6) is 0 Å². The van der Waals surface area contributed by atoms with E-state index in [1.54, 1.807) is 24.3 Å². The van der Waals surface area contributed by atoms with Gasteiger partial charge in [-0.1, -0.05) is 23.7 Å². The Hall–Kier alpha value is -6.04. The number of guanidine groups is 1. The molecule has 1 fully saturated rings. The molecule has 1 aromatic heterocycles. The van der Waals surface area contributed by atoms with Crippen LogP contribution >= 0.6 is 11.6 Å². The van der Waals surface area contributed by atoms with E-state index in [0.717, 1.165) is 5.69 Å². The molecule has 9 N–H and O–H groups in total. The topological polar surface area (TPSA) is 300 Å². The molecule has 3 aromatic rings. The van der Waals surface area contributed by atoms with E-state index in [2.05, 4.69) is 15.0 Å². The lowest BCUT2D eigenvalue weighted by atomic mass is 9.68. The zero-order chi connectivity index (χ0) is 39.7. The maximum atomic E-state index is 14.1. The average molecular weight is 770 g/mol. The van der Waals surface area contributed by atoms with Crippen molar-refractivity contribution >= 4 is 75.9 Å². The summed E-state index contributed by atoms with van der Waals surface area (Å²) in [5, 5.41) is 49.4. The summed E-state index contributed by atoms with van der Waals surface area (Å²) in [6.45, 7) is 0.710. The van der Waals surface area contributed by atoms with Crippen molar-refractivity contribution in [1.29, 1.82) is 0 Å². The molecule has 0 saturated carbocycles. The van der Waals surface area contributed by atoms with Crippen LogP contribution in [-0.4, -0.2) is 108 Å². The van der Waals surface area contributed by atoms with Gasteiger partial charge in [0.2, 0.25) is 5.91 Å². The molecule has 288 valence electrons. The molecule has 0 radical (unpaired) electrons. The summed E-state index contributed by atoms with van der Waals surface area (Å²) >= 11 is 6.29. The molecule has 54 heavy (non-hydrogen) atoms. The lowest BCUT2D eigenvalue weighted by Crippen LogP contribution is -2.52. The van der Waals surface area contributed by atoms with E-state index in [1.807, 2.05) is 23.1 Å². The van der Waals surface area contributed by atoms with Crippen LogP contribution in [0, 0.1) is 23.7 Å². The number of halogens is 1. The zero-order valence-electron chi connectivity index (χ0n) is 28.9. The van der Waals surface area contributed by atoms with Gasteiger partial charge in [-0.25, -0.2) is 9.97 Å². The zero-order valence-corrected chi connectivity index (χ0v) is 29.6. The van der Waals surface area contributed by atoms with E-state index < -0.39 is 91.5 Å². The van der Waals surface area contributed by atoms with E-state index in [4.69, 9.17) is 23.1 Å². The second-order valence-electron chi connectivity index (χ2n) is 13.0. The van der Waals surface area contributed by atoms with Gasteiger partial charge < -0.3 is 46.8 Å². The molecule has 2 aromatic carbocycles. The third-order valence-corrected chi connectivity index (χ3v) is 9.56. The number of aliphatic carboxylic acids is 5. The predicted octanol–water partition coefficient (Wildman–Crippen LogP) is 2.73. The van der Waals surface area contributed by atoms with Crippen LogP contribution in [0.25, 0.3) is 22.2 Å². The maximum Gasteiger partial charge on any atom is 0.304 e. The van der Waals surface area contributed by atoms with E-state index in [1.165, 1.54) is 4.90 Å². The number of hydrogen-bond acceptors (Lipinski definition) is 10. The Morgan fingerprint density at radius 3 is 1.98 bits per heavy atom. The normalized spacial score (nSPS) is 15.1. The molecule has 0 spiro atoms. The number of amides is 1. The highest BCUT2D eigenvalue weighted by atomic mass is 35.5. The number of rotatable bonds is 18. The van der Waals surface area contributed by atoms with Gasteiger partial charge in [0.05, 0.1) is 23.5 Å². The van der Waals surface area contributed by atoms with Gasteiger partial charge in [0.1, 0.15) is 0 Å². The van der Waals surface area contributed by atoms with E-state index in [0.29, 0.717) is 27.2 Å². The molecule has 1 saturated heterocycles. The number of aromatic nitrogens is 2. The fourth-order valence-corrected chi connectivity index (χ4v) is 7.19. The summed E-state index contributed by atoms with van der Waals surface area (Å²) in [6, 6.07) is 12.4. The van der Waals surface area contributed by atoms with Crippen molar-refractivity contribution in [3.63, 3.8) is 0 Å². The van der Waals surface area contributed by atoms with Crippen LogP contribution in [0.15, 0.2) is 47.5 Å². The molecular formula is C35H40ClN7O11. The summed E-state index contributed by atoms with van der Waals surface area (Å²) in [5.74, 6) is -13.4. The molecule has 4 atom stereocenters. The average Bonchev–Trinajstić information content (AvgIpc) is 3.09. The molecule has 0 bridgehead atoms. The number of benzene rings is 2. The quantitative estimate of drug-likeness (QED) is 0.0722. The number of fused-ring (bicyclic) bond motifs is 1. The Morgan fingerprint density at radius 2 is 1.39 bits per heavy atom. The van der Waals surface area contributed by atoms with Gasteiger partial charge in [-0.2, -0.15) is 4.99 Å². The first kappa shape index (κ1) is 40.7. The van der Waals surface area contributed by atoms with Gasteiger partial charge >= 0.3 is 29.8 Å². The highest BCUT2D eigenvalue weighted by Gasteiger charge is 2.43. The monoisotopic (exact) mass is 769 g/mol. The lowest BCUT2D eigenvalue weighted by molar-refractivity contribution is -0.153. The Bertz CT molecular complexity index is 1950. The number of carbonyl (C=O) groups is 6. The van der Waals surface area contributed by atoms with Crippen LogP contribution in [-0.2, 0) is 28.8 Å². The summed E-state index contributed by atoms with van der Waals surface area (Å²) in [5.41, 5.74) is 13.6. The molecule has 4 rings (SSSR count). The third-order valence-electron chi connectivity index (χ3n) is 9.32. The van der Waals surface area contributed by atoms with Crippen molar-refractivity contribution < 1.29 is 54.3 Å². The maximum absolute atomic E-state index is 14.1. The van der Waals surface area contributed by atoms with Crippen molar-refractivity contribution in [2.24, 2.45) is 40.1 Å². The number of carboxylic acid groups (broad SMARTS) is 5. The predicted molar refractivity (Wildman–Crippen MR) is 194 cm³/mol. The molecule has 2 heterocycles. The summed E-state index contributed by atoms with van der Waals surface area (Å²) in [7, 11) is 0. The van der Waals surface area contributed by atoms with Gasteiger partial charge in [0.25, 0.3) is 5.95 Å². The molecule has 1 aliphatic rings. The van der Waals surface area contributed by atoms with Crippen molar-refractivity contribution in [1.82, 2.24) is 14.9 Å². The van der Waals surface area contributed by atoms with Gasteiger partial charge in [-0.15, -0.1) is 0 Å². The molecule has 1 amide bonds. The third kappa shape index (κ3) is 11.0. The highest BCUT2D eigenvalue weighted by molar-refractivity contribution is 6.31. The van der Waals surface area contributed by atoms with Crippen LogP contribution in [0.3, 0.4) is 0 Å². The minimum Gasteiger partial charge on any atom is -0.481 e. The number of carboxylic acids is 5. The number of hydrogen-bond donors (Lipinski definition) is 7. The molecule has 18 nitrogen and oxygen atoms in total. The van der Waals surface area contributed by atoms with Crippen LogP contribution in [0.1, 0.15) is 38.5 Å². The summed E-state index contributed by atoms with van der Waals surface area (Å²) in [6.07, 6.45) is -4.08. The molecule has 19 heteroatoms. The number of piperazine rings is 1. The number of nitrogens with two attached hydrogens (primary N) is 2. The largest absolute Gasteiger partial charge is 0.481 e. The first-order valence-electron chi connectivity index (χ1n) is 16.8. The second kappa shape index (κ2) is 18.1. The highest BCUT2D eigenvalue weighted by Crippen LogP contribution is 2.40. The minimum atomic E-state index is -1.55. The van der Waals surface area contributed by atoms with E-state index in [-0.39, 0.29) is 44.5 Å². The SMILES string of the molecule is NC(N)=Nc1nc(-c2cccc(N3CCN(C(=O)[C@H](CC(=O)O)[C@@H](CC(=O)O)[C@H](CC(=O)O)[C@H](CCC(=O)O)CC(=O)O)CC3)c2)c2cc(Cl)ccc2n1. The van der Waals surface area contributed by atoms with Crippen molar-refractivity contribution in [2.45, 2.75) is 38.5 Å². The Labute approximate surface area is 313 Å². The van der Waals surface area contributed by atoms with Crippen molar-refractivity contribution in [3.05, 3.63) is 47.5 Å². The Morgan fingerprint density at radius 1 is 0.759 bits per heavy atom. The standard InChI is InChI=1S/C35H40ClN7O11/c36-20-5-6-26-25(14-20)32(40-35(39-26)41-34(37)38)19-2-1-3-21(12-19)42-8-10-43(11-9-42)33(54)24(17-31(52)53)23(16-30(50)51)22(15-29(48)49)18(13-28(46)47)4-7-27(44)45/h1-3,5-6,12,14,18,22-24H,4,7-11,13,15-17H2,(H,44,45)(H,46,47)(H,48,49)(H,50,51)(H,52,53)(H4,37,38,39,40,41)/t18-,22-,23+,24-/m1/s1. The van der Waals surface area contributed by atoms with Gasteiger partial charge in [-0.05, 0) is 54.5 Å². The summed E-state index contributed by atoms with van der Waals surface area (Å²) in [4.78, 5) is 89.8. The molecular weight excluding hydrogens is 730 g/mol. The second-order valence-corrected chi connectivity index (χ2v) is 13.4. The molecule has 0 aliphatic carbocycles. The molecule has 0 unspecified atom stereocenters. The van der Waals surface area contributed by atoms with Crippen molar-refractivity contribution in [2.75, 3.05) is 31.1 Å².